The summed E-state index contributed by atoms with van der Waals surface area (Å²) < 4.78 is 0. The quantitative estimate of drug-likeness (QED) is 0.480. The normalized spacial score (nSPS) is 10.4. The van der Waals surface area contributed by atoms with E-state index >= 15 is 0 Å². The first-order chi connectivity index (χ1) is 14.3. The third-order valence-corrected chi connectivity index (χ3v) is 5.07. The maximum Gasteiger partial charge on any atom is 0.293 e. The highest BCUT2D eigenvalue weighted by Gasteiger charge is 2.22. The Morgan fingerprint density at radius 3 is 2.40 bits per heavy atom. The van der Waals surface area contributed by atoms with Crippen molar-refractivity contribution in [1.82, 2.24) is 9.80 Å². The minimum absolute atomic E-state index is 0.0964. The zero-order valence-corrected chi connectivity index (χ0v) is 18.0. The summed E-state index contributed by atoms with van der Waals surface area (Å²) in [7, 11) is 1.50. The molecule has 0 heterocycles. The van der Waals surface area contributed by atoms with Crippen LogP contribution in [0.4, 0.5) is 11.4 Å². The highest BCUT2D eigenvalue weighted by atomic mass is 35.5. The maximum absolute atomic E-state index is 12.7. The molecule has 8 nitrogen and oxygen atoms in total. The van der Waals surface area contributed by atoms with Crippen LogP contribution in [0.25, 0.3) is 0 Å². The molecule has 0 atom stereocenters. The summed E-state index contributed by atoms with van der Waals surface area (Å²) in [6.07, 6.45) is 0. The zero-order valence-electron chi connectivity index (χ0n) is 17.2. The van der Waals surface area contributed by atoms with E-state index in [9.17, 15) is 19.7 Å². The SMILES string of the molecule is CCN(CC)C(=O)CN(C)C(=O)c1ccc(NCc2ccccc2Cl)c([N+](=O)[O-])c1. The number of benzene rings is 2. The van der Waals surface area contributed by atoms with E-state index in [1.807, 2.05) is 26.0 Å². The lowest BCUT2D eigenvalue weighted by Gasteiger charge is -2.23. The van der Waals surface area contributed by atoms with Crippen LogP contribution in [0, 0.1) is 10.1 Å². The number of halogens is 1. The molecule has 2 aromatic rings. The number of anilines is 1. The van der Waals surface area contributed by atoms with Crippen LogP contribution < -0.4 is 5.32 Å². The van der Waals surface area contributed by atoms with Crippen molar-refractivity contribution in [2.75, 3.05) is 32.0 Å². The van der Waals surface area contributed by atoms with E-state index in [1.54, 1.807) is 17.0 Å². The standard InChI is InChI=1S/C21H25ClN4O4/c1-4-25(5-2)20(27)14-24(3)21(28)15-10-11-18(19(12-15)26(29)30)23-13-16-8-6-7-9-17(16)22/h6-12,23H,4-5,13-14H2,1-3H3. The van der Waals surface area contributed by atoms with E-state index in [2.05, 4.69) is 5.32 Å². The smallest absolute Gasteiger partial charge is 0.293 e. The van der Waals surface area contributed by atoms with Crippen LogP contribution in [0.2, 0.25) is 5.02 Å². The number of nitrogens with one attached hydrogen (secondary N) is 1. The van der Waals surface area contributed by atoms with Crippen LogP contribution in [-0.4, -0.2) is 53.2 Å². The van der Waals surface area contributed by atoms with Crippen molar-refractivity contribution in [3.63, 3.8) is 0 Å². The third-order valence-electron chi connectivity index (χ3n) is 4.70. The maximum atomic E-state index is 12.7. The van der Waals surface area contributed by atoms with Crippen molar-refractivity contribution in [2.45, 2.75) is 20.4 Å². The fourth-order valence-corrected chi connectivity index (χ4v) is 3.17. The van der Waals surface area contributed by atoms with Gasteiger partial charge in [-0.25, -0.2) is 0 Å². The second-order valence-electron chi connectivity index (χ2n) is 6.66. The molecule has 0 saturated carbocycles. The molecule has 0 saturated heterocycles. The number of carbonyl (C=O) groups excluding carboxylic acids is 2. The van der Waals surface area contributed by atoms with Crippen LogP contribution in [0.1, 0.15) is 29.8 Å². The van der Waals surface area contributed by atoms with Crippen molar-refractivity contribution >= 4 is 34.8 Å². The van der Waals surface area contributed by atoms with Crippen molar-refractivity contribution in [2.24, 2.45) is 0 Å². The predicted molar refractivity (Wildman–Crippen MR) is 117 cm³/mol. The van der Waals surface area contributed by atoms with Crippen LogP contribution in [0.15, 0.2) is 42.5 Å². The average molecular weight is 433 g/mol. The summed E-state index contributed by atoms with van der Waals surface area (Å²) in [4.78, 5) is 38.8. The van der Waals surface area contributed by atoms with E-state index in [0.717, 1.165) is 5.56 Å². The molecule has 9 heteroatoms. The Morgan fingerprint density at radius 1 is 1.13 bits per heavy atom. The lowest BCUT2D eigenvalue weighted by Crippen LogP contribution is -2.41. The van der Waals surface area contributed by atoms with Gasteiger partial charge in [0, 0.05) is 43.3 Å². The van der Waals surface area contributed by atoms with Crippen molar-refractivity contribution in [1.29, 1.82) is 0 Å². The average Bonchev–Trinajstić information content (AvgIpc) is 2.73. The summed E-state index contributed by atoms with van der Waals surface area (Å²) >= 11 is 6.12. The third kappa shape index (κ3) is 5.70. The molecule has 30 heavy (non-hydrogen) atoms. The van der Waals surface area contributed by atoms with Crippen LogP contribution in [0.5, 0.6) is 0 Å². The second-order valence-corrected chi connectivity index (χ2v) is 7.07. The van der Waals surface area contributed by atoms with Gasteiger partial charge in [0.2, 0.25) is 5.91 Å². The van der Waals surface area contributed by atoms with Gasteiger partial charge in [-0.15, -0.1) is 0 Å². The Hall–Kier alpha value is -3.13. The Morgan fingerprint density at radius 2 is 1.80 bits per heavy atom. The van der Waals surface area contributed by atoms with Gasteiger partial charge in [0.15, 0.2) is 0 Å². The summed E-state index contributed by atoms with van der Waals surface area (Å²) in [5.41, 5.74) is 0.984. The monoisotopic (exact) mass is 432 g/mol. The van der Waals surface area contributed by atoms with Crippen molar-refractivity contribution in [3.05, 3.63) is 68.7 Å². The van der Waals surface area contributed by atoms with E-state index in [4.69, 9.17) is 11.6 Å². The molecular weight excluding hydrogens is 408 g/mol. The molecule has 0 radical (unpaired) electrons. The molecule has 160 valence electrons. The largest absolute Gasteiger partial charge is 0.375 e. The minimum atomic E-state index is -0.549. The zero-order chi connectivity index (χ0) is 22.3. The fraction of sp³-hybridized carbons (Fsp3) is 0.333. The number of nitro benzene ring substituents is 1. The van der Waals surface area contributed by atoms with Crippen LogP contribution >= 0.6 is 11.6 Å². The number of rotatable bonds is 9. The van der Waals surface area contributed by atoms with Gasteiger partial charge in [0.1, 0.15) is 5.69 Å². The first kappa shape index (κ1) is 23.2. The van der Waals surface area contributed by atoms with Gasteiger partial charge in [-0.05, 0) is 37.6 Å². The highest BCUT2D eigenvalue weighted by molar-refractivity contribution is 6.31. The number of amides is 2. The molecule has 0 unspecified atom stereocenters. The lowest BCUT2D eigenvalue weighted by molar-refractivity contribution is -0.384. The van der Waals surface area contributed by atoms with Gasteiger partial charge in [-0.2, -0.15) is 0 Å². The first-order valence-corrected chi connectivity index (χ1v) is 9.95. The summed E-state index contributed by atoms with van der Waals surface area (Å²) in [5.74, 6) is -0.639. The molecule has 0 aliphatic heterocycles. The molecule has 1 N–H and O–H groups in total. The molecular formula is C21H25ClN4O4. The second kappa shape index (κ2) is 10.6. The van der Waals surface area contributed by atoms with Gasteiger partial charge in [0.25, 0.3) is 11.6 Å². The molecule has 2 amide bonds. The molecule has 0 fully saturated rings. The molecule has 0 aromatic heterocycles. The number of hydrogen-bond donors (Lipinski definition) is 1. The predicted octanol–water partition coefficient (Wildman–Crippen LogP) is 3.80. The number of nitrogens with zero attached hydrogens (tertiary/aromatic N) is 3. The van der Waals surface area contributed by atoms with Gasteiger partial charge < -0.3 is 15.1 Å². The number of nitro groups is 1. The molecule has 0 aliphatic rings. The Kier molecular flexibility index (Phi) is 8.17. The van der Waals surface area contributed by atoms with Gasteiger partial charge in [0.05, 0.1) is 11.5 Å². The topological polar surface area (TPSA) is 95.8 Å². The van der Waals surface area contributed by atoms with E-state index in [-0.39, 0.29) is 29.4 Å². The van der Waals surface area contributed by atoms with Gasteiger partial charge >= 0.3 is 0 Å². The molecule has 0 aliphatic carbocycles. The highest BCUT2D eigenvalue weighted by Crippen LogP contribution is 2.27. The summed E-state index contributed by atoms with van der Waals surface area (Å²) in [6.45, 7) is 5.03. The fourth-order valence-electron chi connectivity index (χ4n) is 2.97. The van der Waals surface area contributed by atoms with Crippen molar-refractivity contribution < 1.29 is 14.5 Å². The summed E-state index contributed by atoms with van der Waals surface area (Å²) in [6, 6.07) is 11.4. The van der Waals surface area contributed by atoms with Gasteiger partial charge in [-0.1, -0.05) is 29.8 Å². The van der Waals surface area contributed by atoms with Crippen LogP contribution in [-0.2, 0) is 11.3 Å². The summed E-state index contributed by atoms with van der Waals surface area (Å²) in [5, 5.41) is 15.1. The van der Waals surface area contributed by atoms with Crippen molar-refractivity contribution in [3.8, 4) is 0 Å². The first-order valence-electron chi connectivity index (χ1n) is 9.57. The number of carbonyl (C=O) groups is 2. The Balaban J connectivity index is 2.17. The van der Waals surface area contributed by atoms with Crippen LogP contribution in [0.3, 0.4) is 0 Å². The van der Waals surface area contributed by atoms with E-state index in [1.165, 1.54) is 30.1 Å². The number of hydrogen-bond acceptors (Lipinski definition) is 5. The minimum Gasteiger partial charge on any atom is -0.375 e. The number of likely N-dealkylation sites (N-methyl/N-ethyl adjacent to an activating group) is 2. The molecule has 2 rings (SSSR count). The molecule has 0 spiro atoms. The Bertz CT molecular complexity index is 931. The van der Waals surface area contributed by atoms with Gasteiger partial charge in [-0.3, -0.25) is 19.7 Å². The Labute approximate surface area is 180 Å². The molecule has 2 aromatic carbocycles. The van der Waals surface area contributed by atoms with E-state index in [0.29, 0.717) is 24.7 Å². The molecule has 0 bridgehead atoms. The van der Waals surface area contributed by atoms with E-state index < -0.39 is 10.8 Å². The lowest BCUT2D eigenvalue weighted by atomic mass is 10.1.